The Bertz CT molecular complexity index is 1040. The molecular formula is C22H28F2N7O2+. The lowest BCUT2D eigenvalue weighted by atomic mass is 9.96. The number of halogens is 2. The molecule has 1 aliphatic rings. The van der Waals surface area contributed by atoms with Gasteiger partial charge in [0.1, 0.15) is 18.0 Å². The summed E-state index contributed by atoms with van der Waals surface area (Å²) in [6, 6.07) is 2.64. The fourth-order valence-electron chi connectivity index (χ4n) is 3.87. The molecule has 11 heteroatoms. The second kappa shape index (κ2) is 10.3. The fourth-order valence-corrected chi connectivity index (χ4v) is 3.87. The number of hydrogen-bond donors (Lipinski definition) is 4. The summed E-state index contributed by atoms with van der Waals surface area (Å²) in [5.74, 6) is -1.51. The Morgan fingerprint density at radius 1 is 1.42 bits per heavy atom. The predicted octanol–water partition coefficient (Wildman–Crippen LogP) is 0.0787. The summed E-state index contributed by atoms with van der Waals surface area (Å²) >= 11 is 0. The van der Waals surface area contributed by atoms with Crippen LogP contribution in [-0.4, -0.2) is 57.1 Å². The number of H-pyrrole nitrogens is 1. The number of nitrogens with two attached hydrogens (primary N) is 2. The van der Waals surface area contributed by atoms with Crippen molar-refractivity contribution in [1.29, 1.82) is 0 Å². The summed E-state index contributed by atoms with van der Waals surface area (Å²) < 4.78 is 28.8. The molecule has 1 fully saturated rings. The lowest BCUT2D eigenvalue weighted by Crippen LogP contribution is -2.48. The van der Waals surface area contributed by atoms with Crippen LogP contribution in [0.2, 0.25) is 0 Å². The third-order valence-electron chi connectivity index (χ3n) is 5.56. The summed E-state index contributed by atoms with van der Waals surface area (Å²) in [7, 11) is 0. The van der Waals surface area contributed by atoms with E-state index in [-0.39, 0.29) is 31.0 Å². The van der Waals surface area contributed by atoms with Crippen molar-refractivity contribution in [3.63, 3.8) is 0 Å². The molecule has 1 aromatic heterocycles. The lowest BCUT2D eigenvalue weighted by Gasteiger charge is -2.27. The molecule has 2 aromatic rings. The summed E-state index contributed by atoms with van der Waals surface area (Å²) in [6.07, 6.45) is 2.34. The average molecular weight is 461 g/mol. The standard InChI is InChI=1S/C22H27F2N7O2/c1-12(2)16-4-3-13(7-17(16)24)21(18(26)5-6-25)28-22(33)19-8-14(23)11-31(19)20(32)9-15-10-27-30-29-15/h3-7,10,12,14,19,21,25H,8-9,11,26H2,1-2H3,(H,28,33)(H,27,29,30)/p+1/b18-5-,25-6?/t14-,19+,21?/m1/s1. The molecule has 0 radical (unpaired) electrons. The zero-order valence-electron chi connectivity index (χ0n) is 18.5. The number of aromatic nitrogens is 3. The highest BCUT2D eigenvalue weighted by Crippen LogP contribution is 2.27. The number of aromatic amines is 1. The van der Waals surface area contributed by atoms with Gasteiger partial charge in [-0.2, -0.15) is 15.4 Å². The Morgan fingerprint density at radius 3 is 2.79 bits per heavy atom. The van der Waals surface area contributed by atoms with E-state index in [1.165, 1.54) is 29.5 Å². The van der Waals surface area contributed by atoms with E-state index in [1.807, 2.05) is 13.8 Å². The van der Waals surface area contributed by atoms with Crippen molar-refractivity contribution in [2.24, 2.45) is 5.73 Å². The molecule has 2 amide bonds. The number of allylic oxidation sites excluding steroid dienone is 1. The first-order valence-corrected chi connectivity index (χ1v) is 10.6. The number of amides is 2. The van der Waals surface area contributed by atoms with E-state index in [4.69, 9.17) is 11.1 Å². The third-order valence-corrected chi connectivity index (χ3v) is 5.56. The molecular weight excluding hydrogens is 432 g/mol. The molecule has 0 saturated carbocycles. The minimum absolute atomic E-state index is 0.0263. The predicted molar refractivity (Wildman–Crippen MR) is 117 cm³/mol. The van der Waals surface area contributed by atoms with E-state index >= 15 is 0 Å². The SMILES string of the molecule is CC(C)c1ccc(C(NC(=O)[C@@H]2C[C@@H](F)CN2C(=O)Cc2cn[nH]n2)/C(N)=C/C=[NH2+])cc1F. The number of alkyl halides is 1. The summed E-state index contributed by atoms with van der Waals surface area (Å²) in [5, 5.41) is 18.1. The van der Waals surface area contributed by atoms with E-state index in [9.17, 15) is 18.4 Å². The van der Waals surface area contributed by atoms with Gasteiger partial charge >= 0.3 is 0 Å². The topological polar surface area (TPSA) is 143 Å². The molecule has 6 N–H and O–H groups in total. The highest BCUT2D eigenvalue weighted by Gasteiger charge is 2.40. The monoisotopic (exact) mass is 460 g/mol. The van der Waals surface area contributed by atoms with Gasteiger partial charge in [-0.05, 0) is 23.1 Å². The van der Waals surface area contributed by atoms with E-state index in [1.54, 1.807) is 12.1 Å². The number of carbonyl (C=O) groups excluding carboxylic acids is 2. The van der Waals surface area contributed by atoms with Gasteiger partial charge in [0.25, 0.3) is 0 Å². The minimum Gasteiger partial charge on any atom is -0.400 e. The maximum Gasteiger partial charge on any atom is 0.243 e. The second-order valence-corrected chi connectivity index (χ2v) is 8.27. The molecule has 3 rings (SSSR count). The Balaban J connectivity index is 1.83. The van der Waals surface area contributed by atoms with E-state index < -0.39 is 35.9 Å². The first-order chi connectivity index (χ1) is 15.7. The number of rotatable bonds is 8. The largest absolute Gasteiger partial charge is 0.400 e. The van der Waals surface area contributed by atoms with Crippen LogP contribution >= 0.6 is 0 Å². The van der Waals surface area contributed by atoms with E-state index in [0.717, 1.165) is 0 Å². The molecule has 0 spiro atoms. The van der Waals surface area contributed by atoms with Gasteiger partial charge in [-0.1, -0.05) is 26.0 Å². The van der Waals surface area contributed by atoms with Crippen LogP contribution in [0.4, 0.5) is 8.78 Å². The van der Waals surface area contributed by atoms with Gasteiger partial charge in [-0.3, -0.25) is 15.0 Å². The van der Waals surface area contributed by atoms with Crippen molar-refractivity contribution in [3.8, 4) is 0 Å². The molecule has 1 aliphatic heterocycles. The third kappa shape index (κ3) is 5.60. The minimum atomic E-state index is -1.35. The van der Waals surface area contributed by atoms with Crippen LogP contribution in [0.3, 0.4) is 0 Å². The number of nitrogens with one attached hydrogen (secondary N) is 2. The van der Waals surface area contributed by atoms with Crippen molar-refractivity contribution in [2.75, 3.05) is 6.54 Å². The smallest absolute Gasteiger partial charge is 0.243 e. The van der Waals surface area contributed by atoms with E-state index in [0.29, 0.717) is 16.8 Å². The van der Waals surface area contributed by atoms with Crippen LogP contribution in [0.1, 0.15) is 49.0 Å². The molecule has 33 heavy (non-hydrogen) atoms. The van der Waals surface area contributed by atoms with Crippen molar-refractivity contribution in [3.05, 3.63) is 58.8 Å². The molecule has 1 aromatic carbocycles. The van der Waals surface area contributed by atoms with Crippen LogP contribution in [0, 0.1) is 5.82 Å². The van der Waals surface area contributed by atoms with E-state index in [2.05, 4.69) is 20.7 Å². The zero-order valence-corrected chi connectivity index (χ0v) is 18.5. The Hall–Kier alpha value is -3.63. The van der Waals surface area contributed by atoms with Gasteiger partial charge < -0.3 is 16.0 Å². The number of nitrogens with zero attached hydrogens (tertiary/aromatic N) is 3. The van der Waals surface area contributed by atoms with Gasteiger partial charge in [0.05, 0.1) is 30.9 Å². The van der Waals surface area contributed by atoms with Gasteiger partial charge in [0.2, 0.25) is 11.8 Å². The van der Waals surface area contributed by atoms with Crippen molar-refractivity contribution in [1.82, 2.24) is 25.6 Å². The lowest BCUT2D eigenvalue weighted by molar-refractivity contribution is -0.138. The Labute approximate surface area is 189 Å². The number of likely N-dealkylation sites (tertiary alicyclic amines) is 1. The van der Waals surface area contributed by atoms with Crippen LogP contribution in [0.15, 0.2) is 36.2 Å². The quantitative estimate of drug-likeness (QED) is 0.413. The molecule has 9 nitrogen and oxygen atoms in total. The first-order valence-electron chi connectivity index (χ1n) is 10.6. The second-order valence-electron chi connectivity index (χ2n) is 8.27. The number of carbonyl (C=O) groups is 2. The molecule has 0 aliphatic carbocycles. The van der Waals surface area contributed by atoms with Gasteiger partial charge in [0.15, 0.2) is 6.21 Å². The number of benzene rings is 1. The molecule has 1 saturated heterocycles. The average Bonchev–Trinajstić information content (AvgIpc) is 3.41. The molecule has 0 bridgehead atoms. The fraction of sp³-hybridized carbons (Fsp3) is 0.409. The van der Waals surface area contributed by atoms with Gasteiger partial charge in [0, 0.05) is 18.2 Å². The first kappa shape index (κ1) is 24.0. The maximum atomic E-state index is 14.6. The van der Waals surface area contributed by atoms with Crippen LogP contribution in [0.25, 0.3) is 0 Å². The maximum absolute atomic E-state index is 14.6. The highest BCUT2D eigenvalue weighted by molar-refractivity contribution is 5.89. The molecule has 3 atom stereocenters. The molecule has 2 heterocycles. The number of hydrogen-bond acceptors (Lipinski definition) is 5. The normalized spacial score (nSPS) is 19.5. The summed E-state index contributed by atoms with van der Waals surface area (Å²) in [5.41, 5.74) is 7.58. The molecule has 176 valence electrons. The van der Waals surface area contributed by atoms with Gasteiger partial charge in [-0.25, -0.2) is 8.78 Å². The molecule has 1 unspecified atom stereocenters. The zero-order chi connectivity index (χ0) is 24.1. The summed E-state index contributed by atoms with van der Waals surface area (Å²) in [6.45, 7) is 3.53. The van der Waals surface area contributed by atoms with Crippen LogP contribution in [-0.2, 0) is 16.0 Å². The Morgan fingerprint density at radius 2 is 2.18 bits per heavy atom. The van der Waals surface area contributed by atoms with Crippen LogP contribution in [0.5, 0.6) is 0 Å². The van der Waals surface area contributed by atoms with Crippen molar-refractivity contribution in [2.45, 2.75) is 50.9 Å². The highest BCUT2D eigenvalue weighted by atomic mass is 19.1. The van der Waals surface area contributed by atoms with Gasteiger partial charge in [-0.15, -0.1) is 0 Å². The van der Waals surface area contributed by atoms with Crippen molar-refractivity contribution < 1.29 is 23.8 Å². The van der Waals surface area contributed by atoms with Crippen LogP contribution < -0.4 is 16.5 Å². The Kier molecular flexibility index (Phi) is 7.52. The van der Waals surface area contributed by atoms with Crippen molar-refractivity contribution >= 4 is 18.0 Å². The summed E-state index contributed by atoms with van der Waals surface area (Å²) in [4.78, 5) is 27.0.